The van der Waals surface area contributed by atoms with Crippen LogP contribution >= 0.6 is 0 Å². The van der Waals surface area contributed by atoms with E-state index in [1.165, 1.54) is 0 Å². The molecule has 7 heteroatoms. The third-order valence-electron chi connectivity index (χ3n) is 3.40. The van der Waals surface area contributed by atoms with Crippen molar-refractivity contribution in [2.75, 3.05) is 26.3 Å². The molecule has 7 nitrogen and oxygen atoms in total. The number of rotatable bonds is 2. The highest BCUT2D eigenvalue weighted by molar-refractivity contribution is 5.76. The number of carbonyl (C=O) groups is 1. The minimum atomic E-state index is -0.516. The molecule has 20 heavy (non-hydrogen) atoms. The van der Waals surface area contributed by atoms with E-state index >= 15 is 0 Å². The summed E-state index contributed by atoms with van der Waals surface area (Å²) >= 11 is 0. The maximum Gasteiger partial charge on any atom is 0.285 e. The van der Waals surface area contributed by atoms with E-state index in [4.69, 9.17) is 10.00 Å². The molecule has 0 saturated carbocycles. The third kappa shape index (κ3) is 2.70. The van der Waals surface area contributed by atoms with Crippen LogP contribution in [0, 0.1) is 25.2 Å². The van der Waals surface area contributed by atoms with Gasteiger partial charge in [-0.2, -0.15) is 10.4 Å². The number of nitriles is 1. The van der Waals surface area contributed by atoms with Crippen molar-refractivity contribution in [1.82, 2.24) is 14.7 Å². The highest BCUT2D eigenvalue weighted by Gasteiger charge is 2.19. The van der Waals surface area contributed by atoms with Crippen molar-refractivity contribution in [1.29, 1.82) is 5.26 Å². The van der Waals surface area contributed by atoms with Crippen LogP contribution in [-0.4, -0.2) is 46.9 Å². The molecular weight excluding hydrogens is 260 g/mol. The second-order valence-corrected chi connectivity index (χ2v) is 4.65. The Balaban J connectivity index is 2.26. The molecule has 1 aromatic rings. The Morgan fingerprint density at radius 2 is 2.05 bits per heavy atom. The fraction of sp³-hybridized carbons (Fsp3) is 0.538. The van der Waals surface area contributed by atoms with E-state index in [-0.39, 0.29) is 18.0 Å². The molecule has 0 unspecified atom stereocenters. The van der Waals surface area contributed by atoms with Gasteiger partial charge < -0.3 is 9.64 Å². The number of amides is 1. The molecule has 0 aliphatic carbocycles. The molecule has 1 fully saturated rings. The Kier molecular flexibility index (Phi) is 4.15. The van der Waals surface area contributed by atoms with Crippen molar-refractivity contribution in [3.63, 3.8) is 0 Å². The standard InChI is InChI=1S/C13H16N4O3/c1-9-10(2)15-17(13(19)11(9)7-14)8-12(18)16-3-5-20-6-4-16/h3-6,8H2,1-2H3. The van der Waals surface area contributed by atoms with Crippen molar-refractivity contribution in [2.24, 2.45) is 0 Å². The molecule has 1 amide bonds. The Hall–Kier alpha value is -2.20. The summed E-state index contributed by atoms with van der Waals surface area (Å²) in [4.78, 5) is 25.8. The number of carbonyl (C=O) groups excluding carboxylic acids is 1. The van der Waals surface area contributed by atoms with Crippen molar-refractivity contribution < 1.29 is 9.53 Å². The largest absolute Gasteiger partial charge is 0.378 e. The molecule has 1 aliphatic rings. The molecule has 0 radical (unpaired) electrons. The molecule has 0 bridgehead atoms. The fourth-order valence-electron chi connectivity index (χ4n) is 2.05. The van der Waals surface area contributed by atoms with Crippen LogP contribution in [0.5, 0.6) is 0 Å². The lowest BCUT2D eigenvalue weighted by Crippen LogP contribution is -2.44. The highest BCUT2D eigenvalue weighted by atomic mass is 16.5. The monoisotopic (exact) mass is 276 g/mol. The van der Waals surface area contributed by atoms with Gasteiger partial charge in [-0.3, -0.25) is 9.59 Å². The summed E-state index contributed by atoms with van der Waals surface area (Å²) < 4.78 is 6.24. The van der Waals surface area contributed by atoms with Crippen molar-refractivity contribution in [2.45, 2.75) is 20.4 Å². The van der Waals surface area contributed by atoms with Gasteiger partial charge in [-0.05, 0) is 19.4 Å². The summed E-state index contributed by atoms with van der Waals surface area (Å²) in [6.07, 6.45) is 0. The number of ether oxygens (including phenoxy) is 1. The van der Waals surface area contributed by atoms with Gasteiger partial charge in [0.05, 0.1) is 18.9 Å². The van der Waals surface area contributed by atoms with Gasteiger partial charge >= 0.3 is 0 Å². The van der Waals surface area contributed by atoms with Gasteiger partial charge in [0, 0.05) is 13.1 Å². The minimum absolute atomic E-state index is 0.0484. The molecule has 0 atom stereocenters. The molecule has 1 aromatic heterocycles. The zero-order chi connectivity index (χ0) is 14.7. The van der Waals surface area contributed by atoms with Gasteiger partial charge in [0.1, 0.15) is 18.2 Å². The van der Waals surface area contributed by atoms with E-state index in [2.05, 4.69) is 5.10 Å². The molecule has 0 spiro atoms. The van der Waals surface area contributed by atoms with Crippen molar-refractivity contribution in [3.8, 4) is 6.07 Å². The number of aryl methyl sites for hydroxylation is 1. The summed E-state index contributed by atoms with van der Waals surface area (Å²) in [6.45, 7) is 5.29. The normalized spacial score (nSPS) is 14.9. The van der Waals surface area contributed by atoms with Gasteiger partial charge in [-0.1, -0.05) is 0 Å². The van der Waals surface area contributed by atoms with Crippen LogP contribution in [0.25, 0.3) is 0 Å². The predicted molar refractivity (Wildman–Crippen MR) is 70.1 cm³/mol. The first kappa shape index (κ1) is 14.2. The van der Waals surface area contributed by atoms with Crippen LogP contribution in [-0.2, 0) is 16.1 Å². The maximum atomic E-state index is 12.1. The van der Waals surface area contributed by atoms with E-state index in [1.807, 2.05) is 6.07 Å². The fourth-order valence-corrected chi connectivity index (χ4v) is 2.05. The molecular formula is C13H16N4O3. The molecule has 0 aromatic carbocycles. The second-order valence-electron chi connectivity index (χ2n) is 4.65. The first-order valence-electron chi connectivity index (χ1n) is 6.38. The molecule has 1 saturated heterocycles. The second kappa shape index (κ2) is 5.84. The van der Waals surface area contributed by atoms with Gasteiger partial charge in [-0.25, -0.2) is 4.68 Å². The van der Waals surface area contributed by atoms with Crippen molar-refractivity contribution >= 4 is 5.91 Å². The lowest BCUT2D eigenvalue weighted by atomic mass is 10.1. The molecule has 0 N–H and O–H groups in total. The van der Waals surface area contributed by atoms with Gasteiger partial charge in [0.15, 0.2) is 0 Å². The minimum Gasteiger partial charge on any atom is -0.378 e. The Morgan fingerprint density at radius 1 is 1.40 bits per heavy atom. The average Bonchev–Trinajstić information content (AvgIpc) is 2.46. The first-order valence-corrected chi connectivity index (χ1v) is 6.38. The molecule has 2 rings (SSSR count). The number of aromatic nitrogens is 2. The summed E-state index contributed by atoms with van der Waals surface area (Å²) in [7, 11) is 0. The first-order chi connectivity index (χ1) is 9.54. The third-order valence-corrected chi connectivity index (χ3v) is 3.40. The number of nitrogens with zero attached hydrogens (tertiary/aromatic N) is 4. The van der Waals surface area contributed by atoms with E-state index in [0.29, 0.717) is 37.6 Å². The number of morpholine rings is 1. The Bertz CT molecular complexity index is 624. The van der Waals surface area contributed by atoms with Gasteiger partial charge in [-0.15, -0.1) is 0 Å². The van der Waals surface area contributed by atoms with Gasteiger partial charge in [0.25, 0.3) is 5.56 Å². The summed E-state index contributed by atoms with van der Waals surface area (Å²) in [5.41, 5.74) is 0.674. The van der Waals surface area contributed by atoms with E-state index in [0.717, 1.165) is 4.68 Å². The van der Waals surface area contributed by atoms with Crippen LogP contribution in [0.1, 0.15) is 16.8 Å². The van der Waals surface area contributed by atoms with Crippen LogP contribution in [0.15, 0.2) is 4.79 Å². The zero-order valence-electron chi connectivity index (χ0n) is 11.5. The topological polar surface area (TPSA) is 88.2 Å². The lowest BCUT2D eigenvalue weighted by molar-refractivity contribution is -0.136. The summed E-state index contributed by atoms with van der Waals surface area (Å²) in [5.74, 6) is -0.185. The van der Waals surface area contributed by atoms with Crippen LogP contribution < -0.4 is 5.56 Å². The Labute approximate surface area is 116 Å². The van der Waals surface area contributed by atoms with E-state index in [1.54, 1.807) is 18.7 Å². The number of hydrogen-bond acceptors (Lipinski definition) is 5. The van der Waals surface area contributed by atoms with Crippen LogP contribution in [0.2, 0.25) is 0 Å². The highest BCUT2D eigenvalue weighted by Crippen LogP contribution is 2.05. The predicted octanol–water partition coefficient (Wildman–Crippen LogP) is -0.409. The van der Waals surface area contributed by atoms with E-state index < -0.39 is 5.56 Å². The van der Waals surface area contributed by atoms with Gasteiger partial charge in [0.2, 0.25) is 5.91 Å². The summed E-state index contributed by atoms with van der Waals surface area (Å²) in [6, 6.07) is 1.88. The quantitative estimate of drug-likeness (QED) is 0.732. The molecule has 106 valence electrons. The van der Waals surface area contributed by atoms with Crippen LogP contribution in [0.3, 0.4) is 0 Å². The average molecular weight is 276 g/mol. The molecule has 2 heterocycles. The smallest absolute Gasteiger partial charge is 0.285 e. The van der Waals surface area contributed by atoms with E-state index in [9.17, 15) is 9.59 Å². The SMILES string of the molecule is Cc1nn(CC(=O)N2CCOCC2)c(=O)c(C#N)c1C. The lowest BCUT2D eigenvalue weighted by Gasteiger charge is -2.26. The number of hydrogen-bond donors (Lipinski definition) is 0. The summed E-state index contributed by atoms with van der Waals surface area (Å²) in [5, 5.41) is 13.1. The molecule has 1 aliphatic heterocycles. The Morgan fingerprint density at radius 3 is 2.65 bits per heavy atom. The van der Waals surface area contributed by atoms with Crippen molar-refractivity contribution in [3.05, 3.63) is 27.2 Å². The zero-order valence-corrected chi connectivity index (χ0v) is 11.5. The van der Waals surface area contributed by atoms with Crippen LogP contribution in [0.4, 0.5) is 0 Å². The maximum absolute atomic E-state index is 12.1.